The van der Waals surface area contributed by atoms with Crippen molar-refractivity contribution in [2.45, 2.75) is 30.9 Å². The van der Waals surface area contributed by atoms with Crippen LogP contribution in [-0.4, -0.2) is 56.4 Å². The van der Waals surface area contributed by atoms with Crippen molar-refractivity contribution in [3.63, 3.8) is 0 Å². The Balaban J connectivity index is 1.80. The number of likely N-dealkylation sites (N-methyl/N-ethyl adjacent to an activating group) is 1. The Morgan fingerprint density at radius 3 is 2.96 bits per heavy atom. The van der Waals surface area contributed by atoms with Gasteiger partial charge in [0.15, 0.2) is 10.7 Å². The van der Waals surface area contributed by atoms with Crippen LogP contribution in [0.5, 0.6) is 5.75 Å². The fourth-order valence-corrected chi connectivity index (χ4v) is 4.74. The average molecular weight is 358 g/mol. The predicted molar refractivity (Wildman–Crippen MR) is 103 cm³/mol. The summed E-state index contributed by atoms with van der Waals surface area (Å²) < 4.78 is 12.0. The molecule has 0 saturated carbocycles. The molecule has 0 aliphatic carbocycles. The van der Waals surface area contributed by atoms with Crippen molar-refractivity contribution in [3.05, 3.63) is 23.8 Å². The first-order valence-electron chi connectivity index (χ1n) is 8.82. The summed E-state index contributed by atoms with van der Waals surface area (Å²) in [6.45, 7) is 1.52. The van der Waals surface area contributed by atoms with E-state index < -0.39 is 5.54 Å². The topological polar surface area (TPSA) is 51.1 Å². The van der Waals surface area contributed by atoms with Gasteiger partial charge in [-0.05, 0) is 25.2 Å². The molecule has 0 radical (unpaired) electrons. The second-order valence-corrected chi connectivity index (χ2v) is 7.93. The van der Waals surface area contributed by atoms with E-state index in [0.29, 0.717) is 18.9 Å². The second-order valence-electron chi connectivity index (χ2n) is 7.16. The molecule has 0 N–H and O–H groups in total. The maximum absolute atomic E-state index is 13.3. The maximum Gasteiger partial charge on any atom is 0.261 e. The first-order valence-corrected chi connectivity index (χ1v) is 10.0. The smallest absolute Gasteiger partial charge is 0.261 e. The summed E-state index contributed by atoms with van der Waals surface area (Å²) in [5.41, 5.74) is 1.17. The van der Waals surface area contributed by atoms with E-state index >= 15 is 0 Å². The number of carbonyl (C=O) groups is 1. The molecule has 3 heterocycles. The van der Waals surface area contributed by atoms with Crippen LogP contribution in [-0.2, 0) is 15.1 Å². The van der Waals surface area contributed by atoms with E-state index in [9.17, 15) is 4.79 Å². The van der Waals surface area contributed by atoms with Crippen molar-refractivity contribution < 1.29 is 14.3 Å². The van der Waals surface area contributed by atoms with Gasteiger partial charge in [-0.15, -0.1) is 0 Å². The van der Waals surface area contributed by atoms with Gasteiger partial charge in [0.25, 0.3) is 5.91 Å². The number of hydrogen-bond acceptors (Lipinski definition) is 5. The Hall–Kier alpha value is -1.47. The molecule has 132 valence electrons. The third kappa shape index (κ3) is 2.68. The van der Waals surface area contributed by atoms with Crippen LogP contribution >= 0.6 is 11.8 Å². The Morgan fingerprint density at radius 2 is 2.28 bits per heavy atom. The number of amides is 1. The molecule has 1 fully saturated rings. The van der Waals surface area contributed by atoms with Crippen LogP contribution in [0.2, 0.25) is 0 Å². The van der Waals surface area contributed by atoms with Gasteiger partial charge >= 0.3 is 0 Å². The number of fused-ring (bicyclic) bond motifs is 2. The molecule has 5 nitrogen and oxygen atoms in total. The van der Waals surface area contributed by atoms with E-state index in [1.54, 1.807) is 4.90 Å². The van der Waals surface area contributed by atoms with Gasteiger partial charge in [0.05, 0.1) is 6.61 Å². The van der Waals surface area contributed by atoms with Crippen LogP contribution < -0.4 is 10.2 Å². The molecule has 1 amide bonds. The third-order valence-corrected chi connectivity index (χ3v) is 6.22. The van der Waals surface area contributed by atoms with Crippen LogP contribution in [0.1, 0.15) is 24.8 Å². The Morgan fingerprint density at radius 1 is 1.44 bits per heavy atom. The van der Waals surface area contributed by atoms with Gasteiger partial charge in [0.1, 0.15) is 19.7 Å². The number of amidine groups is 1. The normalized spacial score (nSPS) is 31.7. The van der Waals surface area contributed by atoms with Crippen LogP contribution in [0.3, 0.4) is 0 Å². The van der Waals surface area contributed by atoms with Gasteiger partial charge in [0.2, 0.25) is 0 Å². The summed E-state index contributed by atoms with van der Waals surface area (Å²) in [5, 5.41) is 0.776. The van der Waals surface area contributed by atoms with E-state index in [1.807, 2.05) is 33.3 Å². The lowest BCUT2D eigenvalue weighted by atomic mass is 9.76. The molecule has 25 heavy (non-hydrogen) atoms. The number of benzene rings is 1. The molecule has 3 aliphatic heterocycles. The largest absolute Gasteiger partial charge is 0.490 e. The molecule has 1 saturated heterocycles. The number of hydrogen-bond donors (Lipinski definition) is 0. The molecular formula is C18H23BN2O3S. The second kappa shape index (κ2) is 6.36. The van der Waals surface area contributed by atoms with E-state index in [-0.39, 0.29) is 12.0 Å². The van der Waals surface area contributed by atoms with Gasteiger partial charge in [-0.3, -0.25) is 9.69 Å². The fourth-order valence-electron chi connectivity index (χ4n) is 4.14. The van der Waals surface area contributed by atoms with Crippen molar-refractivity contribution in [3.8, 4) is 5.75 Å². The summed E-state index contributed by atoms with van der Waals surface area (Å²) in [7, 11) is 3.85. The molecule has 0 aromatic heterocycles. The van der Waals surface area contributed by atoms with Crippen LogP contribution in [0, 0.1) is 5.92 Å². The number of rotatable bonds is 1. The summed E-state index contributed by atoms with van der Waals surface area (Å²) in [6, 6.07) is 6.08. The van der Waals surface area contributed by atoms with E-state index in [0.717, 1.165) is 41.4 Å². The number of thioether (sulfide) groups is 1. The minimum Gasteiger partial charge on any atom is -0.490 e. The lowest BCUT2D eigenvalue weighted by Crippen LogP contribution is -2.48. The van der Waals surface area contributed by atoms with E-state index in [4.69, 9.17) is 14.5 Å². The Labute approximate surface area is 153 Å². The molecule has 4 rings (SSSR count). The highest BCUT2D eigenvalue weighted by atomic mass is 32.2. The molecule has 7 heteroatoms. The highest BCUT2D eigenvalue weighted by Gasteiger charge is 2.54. The zero-order valence-electron chi connectivity index (χ0n) is 14.9. The average Bonchev–Trinajstić information content (AvgIpc) is 2.88. The lowest BCUT2D eigenvalue weighted by molar-refractivity contribution is -0.133. The summed E-state index contributed by atoms with van der Waals surface area (Å²) >= 11 is 1.52. The zero-order chi connectivity index (χ0) is 17.6. The van der Waals surface area contributed by atoms with Crippen molar-refractivity contribution in [1.82, 2.24) is 4.90 Å². The van der Waals surface area contributed by atoms with Crippen molar-refractivity contribution in [2.24, 2.45) is 10.9 Å². The molecule has 3 aliphatic rings. The number of nitrogens with zero attached hydrogens (tertiary/aromatic N) is 2. The number of aliphatic imine (C=N–C) groups is 1. The monoisotopic (exact) mass is 358 g/mol. The van der Waals surface area contributed by atoms with Gasteiger partial charge in [0, 0.05) is 31.6 Å². The quantitative estimate of drug-likeness (QED) is 0.701. The molecule has 1 spiro atoms. The van der Waals surface area contributed by atoms with E-state index in [2.05, 4.69) is 6.07 Å². The first-order chi connectivity index (χ1) is 12.0. The highest BCUT2D eigenvalue weighted by Crippen LogP contribution is 2.48. The lowest BCUT2D eigenvalue weighted by Gasteiger charge is -2.40. The molecule has 0 bridgehead atoms. The molecule has 3 atom stereocenters. The molecule has 1 aromatic carbocycles. The molecule has 1 aromatic rings. The first kappa shape index (κ1) is 17.0. The van der Waals surface area contributed by atoms with E-state index in [1.165, 1.54) is 11.8 Å². The summed E-state index contributed by atoms with van der Waals surface area (Å²) in [4.78, 5) is 19.9. The standard InChI is InChI=1S/C18H23BN2O3S/c1-21-16(22)18(20-17(21)25-2)9-15(11-4-3-7-23-10-11)24-14-6-5-12(19)8-13(14)18/h5-6,8,11,15H,3-4,7,9-10,19H2,1-2H3. The summed E-state index contributed by atoms with van der Waals surface area (Å²) in [5.74, 6) is 1.15. The van der Waals surface area contributed by atoms with Crippen LogP contribution in [0.4, 0.5) is 0 Å². The van der Waals surface area contributed by atoms with Crippen molar-refractivity contribution in [1.29, 1.82) is 0 Å². The highest BCUT2D eigenvalue weighted by molar-refractivity contribution is 8.13. The third-order valence-electron chi connectivity index (χ3n) is 5.49. The van der Waals surface area contributed by atoms with Crippen LogP contribution in [0.15, 0.2) is 23.2 Å². The number of carbonyl (C=O) groups excluding carboxylic acids is 1. The number of ether oxygens (including phenoxy) is 2. The van der Waals surface area contributed by atoms with Crippen molar-refractivity contribution >= 4 is 36.1 Å². The Kier molecular flexibility index (Phi) is 4.32. The van der Waals surface area contributed by atoms with Gasteiger partial charge in [-0.2, -0.15) is 0 Å². The van der Waals surface area contributed by atoms with Gasteiger partial charge in [-0.25, -0.2) is 4.99 Å². The molecule has 3 unspecified atom stereocenters. The Bertz CT molecular complexity index is 735. The minimum atomic E-state index is -0.852. The minimum absolute atomic E-state index is 0.0437. The van der Waals surface area contributed by atoms with Gasteiger partial charge < -0.3 is 9.47 Å². The SMILES string of the molecule is Bc1ccc2c(c1)C1(CC(C3CCCOC3)O2)N=C(SC)N(C)C1=O. The van der Waals surface area contributed by atoms with Gasteiger partial charge in [-0.1, -0.05) is 29.4 Å². The maximum atomic E-state index is 13.3. The fraction of sp³-hybridized carbons (Fsp3) is 0.556. The van der Waals surface area contributed by atoms with Crippen LogP contribution in [0.25, 0.3) is 0 Å². The predicted octanol–water partition coefficient (Wildman–Crippen LogP) is 0.909. The zero-order valence-corrected chi connectivity index (χ0v) is 15.8. The molecular weight excluding hydrogens is 335 g/mol. The summed E-state index contributed by atoms with van der Waals surface area (Å²) in [6.07, 6.45) is 4.63. The van der Waals surface area contributed by atoms with Crippen molar-refractivity contribution in [2.75, 3.05) is 26.5 Å².